The highest BCUT2D eigenvalue weighted by Gasteiger charge is 2.25. The van der Waals surface area contributed by atoms with Gasteiger partial charge in [-0.2, -0.15) is 0 Å². The summed E-state index contributed by atoms with van der Waals surface area (Å²) in [4.78, 5) is 15.1. The summed E-state index contributed by atoms with van der Waals surface area (Å²) in [6.07, 6.45) is 0. The number of halogens is 1. The Morgan fingerprint density at radius 1 is 1.47 bits per heavy atom. The molecule has 1 aliphatic rings. The van der Waals surface area contributed by atoms with Gasteiger partial charge in [-0.1, -0.05) is 6.07 Å². The number of benzene rings is 1. The number of carbonyl (C=O) groups excluding carboxylic acids is 1. The quantitative estimate of drug-likeness (QED) is 0.869. The molecule has 2 heterocycles. The van der Waals surface area contributed by atoms with Crippen molar-refractivity contribution >= 4 is 27.3 Å². The minimum Gasteiger partial charge on any atom is -0.333 e. The van der Waals surface area contributed by atoms with Crippen LogP contribution in [0.5, 0.6) is 0 Å². The number of hydrogen-bond acceptors (Lipinski definition) is 3. The number of carbonyl (C=O) groups is 1. The lowest BCUT2D eigenvalue weighted by Gasteiger charge is -2.33. The molecule has 0 spiro atoms. The second-order valence-corrected chi connectivity index (χ2v) is 5.93. The monoisotopic (exact) mass is 278 g/mol. The van der Waals surface area contributed by atoms with Gasteiger partial charge < -0.3 is 10.2 Å². The highest BCUT2D eigenvalue weighted by Crippen LogP contribution is 2.27. The van der Waals surface area contributed by atoms with Crippen molar-refractivity contribution in [1.29, 1.82) is 0 Å². The number of piperazine rings is 1. The Bertz CT molecular complexity index is 625. The molecule has 0 unspecified atom stereocenters. The third-order valence-electron chi connectivity index (χ3n) is 3.46. The standard InChI is InChI=1S/C14H15FN2OS/c1-9-8-16-4-5-17(9)14(18)13-6-10-2-3-11(15)7-12(10)19-13/h2-3,6-7,9,16H,4-5,8H2,1H3/t9-/m1/s1. The minimum atomic E-state index is -0.260. The van der Waals surface area contributed by atoms with Gasteiger partial charge in [0.1, 0.15) is 5.82 Å². The zero-order chi connectivity index (χ0) is 13.4. The summed E-state index contributed by atoms with van der Waals surface area (Å²) in [7, 11) is 0. The molecule has 100 valence electrons. The van der Waals surface area contributed by atoms with Gasteiger partial charge in [0.05, 0.1) is 4.88 Å². The number of hydrogen-bond donors (Lipinski definition) is 1. The summed E-state index contributed by atoms with van der Waals surface area (Å²) in [6, 6.07) is 6.69. The molecule has 1 aliphatic heterocycles. The van der Waals surface area contributed by atoms with Crippen LogP contribution in [0.4, 0.5) is 4.39 Å². The molecular formula is C14H15FN2OS. The van der Waals surface area contributed by atoms with Crippen molar-refractivity contribution in [2.75, 3.05) is 19.6 Å². The molecule has 2 aromatic rings. The van der Waals surface area contributed by atoms with E-state index in [-0.39, 0.29) is 17.8 Å². The number of fused-ring (bicyclic) bond motifs is 1. The minimum absolute atomic E-state index is 0.0515. The van der Waals surface area contributed by atoms with Gasteiger partial charge in [-0.3, -0.25) is 4.79 Å². The third-order valence-corrected chi connectivity index (χ3v) is 4.54. The predicted octanol–water partition coefficient (Wildman–Crippen LogP) is 2.47. The Morgan fingerprint density at radius 3 is 3.11 bits per heavy atom. The van der Waals surface area contributed by atoms with E-state index >= 15 is 0 Å². The van der Waals surface area contributed by atoms with Crippen LogP contribution >= 0.6 is 11.3 Å². The molecule has 1 N–H and O–H groups in total. The van der Waals surface area contributed by atoms with Crippen LogP contribution in [0, 0.1) is 5.82 Å². The largest absolute Gasteiger partial charge is 0.333 e. The Hall–Kier alpha value is -1.46. The second-order valence-electron chi connectivity index (χ2n) is 4.84. The number of nitrogens with zero attached hydrogens (tertiary/aromatic N) is 1. The van der Waals surface area contributed by atoms with Crippen LogP contribution in [-0.2, 0) is 0 Å². The molecule has 1 saturated heterocycles. The van der Waals surface area contributed by atoms with Gasteiger partial charge in [0.15, 0.2) is 0 Å². The third kappa shape index (κ3) is 2.35. The van der Waals surface area contributed by atoms with E-state index in [0.717, 1.165) is 29.7 Å². The van der Waals surface area contributed by atoms with Crippen molar-refractivity contribution < 1.29 is 9.18 Å². The van der Waals surface area contributed by atoms with E-state index in [2.05, 4.69) is 5.32 Å². The molecule has 5 heteroatoms. The second kappa shape index (κ2) is 4.90. The van der Waals surface area contributed by atoms with Crippen molar-refractivity contribution in [3.8, 4) is 0 Å². The van der Waals surface area contributed by atoms with Gasteiger partial charge in [0.25, 0.3) is 5.91 Å². The Kier molecular flexibility index (Phi) is 3.24. The van der Waals surface area contributed by atoms with Crippen LogP contribution in [0.2, 0.25) is 0 Å². The fourth-order valence-electron chi connectivity index (χ4n) is 2.39. The first-order chi connectivity index (χ1) is 9.15. The van der Waals surface area contributed by atoms with Crippen LogP contribution in [0.1, 0.15) is 16.6 Å². The molecule has 3 rings (SSSR count). The number of thiophene rings is 1. The number of nitrogens with one attached hydrogen (secondary N) is 1. The van der Waals surface area contributed by atoms with Crippen LogP contribution in [0.15, 0.2) is 24.3 Å². The molecule has 0 saturated carbocycles. The van der Waals surface area contributed by atoms with Gasteiger partial charge in [-0.25, -0.2) is 4.39 Å². The summed E-state index contributed by atoms with van der Waals surface area (Å²) >= 11 is 1.36. The lowest BCUT2D eigenvalue weighted by molar-refractivity contribution is 0.0661. The van der Waals surface area contributed by atoms with Gasteiger partial charge >= 0.3 is 0 Å². The molecule has 0 radical (unpaired) electrons. The molecule has 1 amide bonds. The van der Waals surface area contributed by atoms with Crippen molar-refractivity contribution in [2.24, 2.45) is 0 Å². The number of rotatable bonds is 1. The van der Waals surface area contributed by atoms with Crippen LogP contribution < -0.4 is 5.32 Å². The molecule has 0 aliphatic carbocycles. The molecule has 0 bridgehead atoms. The van der Waals surface area contributed by atoms with E-state index in [9.17, 15) is 9.18 Å². The van der Waals surface area contributed by atoms with Crippen LogP contribution in [0.25, 0.3) is 10.1 Å². The highest BCUT2D eigenvalue weighted by molar-refractivity contribution is 7.20. The van der Waals surface area contributed by atoms with E-state index in [1.165, 1.54) is 23.5 Å². The summed E-state index contributed by atoms with van der Waals surface area (Å²) in [5.41, 5.74) is 0. The summed E-state index contributed by atoms with van der Waals surface area (Å²) < 4.78 is 14.0. The normalized spacial score (nSPS) is 19.9. The first-order valence-electron chi connectivity index (χ1n) is 6.36. The van der Waals surface area contributed by atoms with Crippen molar-refractivity contribution in [1.82, 2.24) is 10.2 Å². The van der Waals surface area contributed by atoms with Gasteiger partial charge in [0, 0.05) is 30.4 Å². The van der Waals surface area contributed by atoms with E-state index in [1.54, 1.807) is 6.07 Å². The van der Waals surface area contributed by atoms with Gasteiger partial charge in [-0.15, -0.1) is 11.3 Å². The zero-order valence-corrected chi connectivity index (χ0v) is 11.5. The Balaban J connectivity index is 1.92. The van der Waals surface area contributed by atoms with E-state index in [1.807, 2.05) is 17.9 Å². The summed E-state index contributed by atoms with van der Waals surface area (Å²) in [5.74, 6) is -0.209. The molecule has 1 atom stereocenters. The molecule has 1 aromatic heterocycles. The fourth-order valence-corrected chi connectivity index (χ4v) is 3.44. The SMILES string of the molecule is C[C@@H]1CNCCN1C(=O)c1cc2ccc(F)cc2s1. The lowest BCUT2D eigenvalue weighted by atomic mass is 10.2. The maximum atomic E-state index is 13.2. The molecule has 19 heavy (non-hydrogen) atoms. The lowest BCUT2D eigenvalue weighted by Crippen LogP contribution is -2.52. The number of amides is 1. The first-order valence-corrected chi connectivity index (χ1v) is 7.17. The smallest absolute Gasteiger partial charge is 0.264 e. The topological polar surface area (TPSA) is 32.3 Å². The van der Waals surface area contributed by atoms with E-state index in [4.69, 9.17) is 0 Å². The molecular weight excluding hydrogens is 263 g/mol. The molecule has 1 fully saturated rings. The first kappa shape index (κ1) is 12.6. The molecule has 1 aromatic carbocycles. The van der Waals surface area contributed by atoms with Crippen LogP contribution in [-0.4, -0.2) is 36.5 Å². The summed E-state index contributed by atoms with van der Waals surface area (Å²) in [6.45, 7) is 4.42. The van der Waals surface area contributed by atoms with Crippen molar-refractivity contribution in [3.05, 3.63) is 35.0 Å². The average molecular weight is 278 g/mol. The fraction of sp³-hybridized carbons (Fsp3) is 0.357. The summed E-state index contributed by atoms with van der Waals surface area (Å²) in [5, 5.41) is 4.19. The average Bonchev–Trinajstić information content (AvgIpc) is 2.81. The Labute approximate surface area is 115 Å². The van der Waals surface area contributed by atoms with Crippen molar-refractivity contribution in [3.63, 3.8) is 0 Å². The maximum Gasteiger partial charge on any atom is 0.264 e. The zero-order valence-electron chi connectivity index (χ0n) is 10.6. The maximum absolute atomic E-state index is 13.2. The van der Waals surface area contributed by atoms with Crippen LogP contribution in [0.3, 0.4) is 0 Å². The van der Waals surface area contributed by atoms with Gasteiger partial charge in [0.2, 0.25) is 0 Å². The van der Waals surface area contributed by atoms with Gasteiger partial charge in [-0.05, 0) is 30.5 Å². The molecule has 3 nitrogen and oxygen atoms in total. The predicted molar refractivity (Wildman–Crippen MR) is 75.2 cm³/mol. The van der Waals surface area contributed by atoms with E-state index in [0.29, 0.717) is 4.88 Å². The van der Waals surface area contributed by atoms with Crippen molar-refractivity contribution in [2.45, 2.75) is 13.0 Å². The highest BCUT2D eigenvalue weighted by atomic mass is 32.1. The Morgan fingerprint density at radius 2 is 2.32 bits per heavy atom. The van der Waals surface area contributed by atoms with E-state index < -0.39 is 0 Å².